The van der Waals surface area contributed by atoms with Crippen LogP contribution < -0.4 is 5.73 Å². The molecule has 1 aromatic rings. The number of rotatable bonds is 6. The number of hydrogen-bond acceptors (Lipinski definition) is 3. The number of nitrogens with zero attached hydrogens (tertiary/aromatic N) is 1. The molecule has 0 amide bonds. The van der Waals surface area contributed by atoms with E-state index in [1.807, 2.05) is 26.8 Å². The number of benzene rings is 1. The van der Waals surface area contributed by atoms with E-state index in [-0.39, 0.29) is 6.04 Å². The molecule has 1 fully saturated rings. The molecular formula is C15H24N2O2S. The predicted molar refractivity (Wildman–Crippen MR) is 80.8 cm³/mol. The third kappa shape index (κ3) is 3.22. The minimum atomic E-state index is -3.42. The second-order valence-corrected chi connectivity index (χ2v) is 7.77. The highest BCUT2D eigenvalue weighted by atomic mass is 32.2. The van der Waals surface area contributed by atoms with E-state index in [1.165, 1.54) is 0 Å². The van der Waals surface area contributed by atoms with Crippen molar-refractivity contribution < 1.29 is 8.42 Å². The van der Waals surface area contributed by atoms with Crippen LogP contribution in [0.2, 0.25) is 0 Å². The van der Waals surface area contributed by atoms with Crippen molar-refractivity contribution in [3.05, 3.63) is 29.3 Å². The van der Waals surface area contributed by atoms with Gasteiger partial charge in [-0.2, -0.15) is 4.31 Å². The Balaban J connectivity index is 2.36. The lowest BCUT2D eigenvalue weighted by atomic mass is 10.1. The van der Waals surface area contributed by atoms with Gasteiger partial charge < -0.3 is 5.73 Å². The molecule has 4 nitrogen and oxygen atoms in total. The lowest BCUT2D eigenvalue weighted by Crippen LogP contribution is -2.38. The maximum Gasteiger partial charge on any atom is 0.243 e. The maximum atomic E-state index is 12.9. The van der Waals surface area contributed by atoms with E-state index in [4.69, 9.17) is 5.73 Å². The summed E-state index contributed by atoms with van der Waals surface area (Å²) in [4.78, 5) is 0.407. The summed E-state index contributed by atoms with van der Waals surface area (Å²) in [7, 11) is -3.42. The number of sulfonamides is 1. The van der Waals surface area contributed by atoms with Crippen LogP contribution in [0.5, 0.6) is 0 Å². The summed E-state index contributed by atoms with van der Waals surface area (Å²) in [5.41, 5.74) is 7.33. The molecule has 0 spiro atoms. The van der Waals surface area contributed by atoms with Gasteiger partial charge in [0.2, 0.25) is 10.0 Å². The zero-order valence-corrected chi connectivity index (χ0v) is 13.3. The summed E-state index contributed by atoms with van der Waals surface area (Å²) in [5.74, 6) is 0.538. The van der Waals surface area contributed by atoms with Gasteiger partial charge in [0.15, 0.2) is 0 Å². The molecule has 1 aliphatic carbocycles. The Labute approximate surface area is 122 Å². The molecular weight excluding hydrogens is 272 g/mol. The van der Waals surface area contributed by atoms with Gasteiger partial charge in [-0.05, 0) is 56.7 Å². The summed E-state index contributed by atoms with van der Waals surface area (Å²) < 4.78 is 27.3. The quantitative estimate of drug-likeness (QED) is 0.876. The van der Waals surface area contributed by atoms with Crippen molar-refractivity contribution in [1.29, 1.82) is 0 Å². The van der Waals surface area contributed by atoms with Gasteiger partial charge >= 0.3 is 0 Å². The second kappa shape index (κ2) is 5.84. The van der Waals surface area contributed by atoms with Gasteiger partial charge in [0.05, 0.1) is 4.90 Å². The van der Waals surface area contributed by atoms with Gasteiger partial charge in [0, 0.05) is 19.1 Å². The van der Waals surface area contributed by atoms with Crippen LogP contribution in [0, 0.1) is 12.8 Å². The minimum absolute atomic E-state index is 0.0193. The summed E-state index contributed by atoms with van der Waals surface area (Å²) in [6, 6.07) is 5.34. The second-order valence-electron chi connectivity index (χ2n) is 5.92. The third-order valence-electron chi connectivity index (χ3n) is 3.77. The SMILES string of the molecule is Cc1cc(CN)ccc1S(=O)(=O)N(CC1CC1)C(C)C. The highest BCUT2D eigenvalue weighted by Crippen LogP contribution is 2.33. The Bertz CT molecular complexity index is 578. The Morgan fingerprint density at radius 3 is 2.45 bits per heavy atom. The van der Waals surface area contributed by atoms with Crippen molar-refractivity contribution in [2.75, 3.05) is 6.54 Å². The number of nitrogens with two attached hydrogens (primary N) is 1. The molecule has 0 unspecified atom stereocenters. The first kappa shape index (κ1) is 15.5. The van der Waals surface area contributed by atoms with Crippen LogP contribution in [0.25, 0.3) is 0 Å². The average molecular weight is 296 g/mol. The van der Waals surface area contributed by atoms with E-state index in [2.05, 4.69) is 0 Å². The summed E-state index contributed by atoms with van der Waals surface area (Å²) >= 11 is 0. The van der Waals surface area contributed by atoms with Crippen molar-refractivity contribution in [2.45, 2.75) is 51.1 Å². The first-order valence-corrected chi connectivity index (χ1v) is 8.61. The lowest BCUT2D eigenvalue weighted by Gasteiger charge is -2.26. The molecule has 5 heteroatoms. The van der Waals surface area contributed by atoms with Crippen LogP contribution in [0.3, 0.4) is 0 Å². The molecule has 0 saturated heterocycles. The number of hydrogen-bond donors (Lipinski definition) is 1. The van der Waals surface area contributed by atoms with Gasteiger partial charge in [-0.25, -0.2) is 8.42 Å². The van der Waals surface area contributed by atoms with Crippen LogP contribution in [0.4, 0.5) is 0 Å². The van der Waals surface area contributed by atoms with Crippen LogP contribution in [0.15, 0.2) is 23.1 Å². The monoisotopic (exact) mass is 296 g/mol. The standard InChI is InChI=1S/C15H24N2O2S/c1-11(2)17(10-13-4-5-13)20(18,19)15-7-6-14(9-16)8-12(15)3/h6-8,11,13H,4-5,9-10,16H2,1-3H3. The van der Waals surface area contributed by atoms with E-state index in [1.54, 1.807) is 16.4 Å². The maximum absolute atomic E-state index is 12.9. The van der Waals surface area contributed by atoms with Crippen molar-refractivity contribution in [3.8, 4) is 0 Å². The van der Waals surface area contributed by atoms with Gasteiger partial charge in [-0.15, -0.1) is 0 Å². The molecule has 20 heavy (non-hydrogen) atoms. The van der Waals surface area contributed by atoms with Crippen molar-refractivity contribution in [1.82, 2.24) is 4.31 Å². The van der Waals surface area contributed by atoms with Gasteiger partial charge in [0.25, 0.3) is 0 Å². The van der Waals surface area contributed by atoms with Crippen molar-refractivity contribution in [2.24, 2.45) is 11.7 Å². The first-order chi connectivity index (χ1) is 9.36. The molecule has 112 valence electrons. The zero-order chi connectivity index (χ0) is 14.9. The fourth-order valence-electron chi connectivity index (χ4n) is 2.40. The van der Waals surface area contributed by atoms with Gasteiger partial charge in [-0.1, -0.05) is 12.1 Å². The van der Waals surface area contributed by atoms with Gasteiger partial charge in [0.1, 0.15) is 0 Å². The molecule has 0 aliphatic heterocycles. The van der Waals surface area contributed by atoms with Crippen LogP contribution in [-0.4, -0.2) is 25.3 Å². The number of aryl methyl sites for hydroxylation is 1. The fraction of sp³-hybridized carbons (Fsp3) is 0.600. The molecule has 0 heterocycles. The molecule has 1 aromatic carbocycles. The molecule has 0 radical (unpaired) electrons. The summed E-state index contributed by atoms with van der Waals surface area (Å²) in [6.45, 7) is 6.77. The Morgan fingerprint density at radius 2 is 2.00 bits per heavy atom. The van der Waals surface area contributed by atoms with Crippen LogP contribution in [0.1, 0.15) is 37.8 Å². The van der Waals surface area contributed by atoms with Gasteiger partial charge in [-0.3, -0.25) is 0 Å². The van der Waals surface area contributed by atoms with Crippen LogP contribution >= 0.6 is 0 Å². The highest BCUT2D eigenvalue weighted by Gasteiger charge is 2.33. The van der Waals surface area contributed by atoms with Crippen molar-refractivity contribution >= 4 is 10.0 Å². The third-order valence-corrected chi connectivity index (χ3v) is 5.97. The van der Waals surface area contributed by atoms with E-state index >= 15 is 0 Å². The highest BCUT2D eigenvalue weighted by molar-refractivity contribution is 7.89. The Kier molecular flexibility index (Phi) is 4.52. The Morgan fingerprint density at radius 1 is 1.35 bits per heavy atom. The van der Waals surface area contributed by atoms with E-state index < -0.39 is 10.0 Å². The topological polar surface area (TPSA) is 63.4 Å². The summed E-state index contributed by atoms with van der Waals surface area (Å²) in [5, 5.41) is 0. The minimum Gasteiger partial charge on any atom is -0.326 e. The predicted octanol–water partition coefficient (Wildman–Crippen LogP) is 2.26. The Hall–Kier alpha value is -0.910. The molecule has 2 N–H and O–H groups in total. The smallest absolute Gasteiger partial charge is 0.243 e. The largest absolute Gasteiger partial charge is 0.326 e. The summed E-state index contributed by atoms with van der Waals surface area (Å²) in [6.07, 6.45) is 2.29. The lowest BCUT2D eigenvalue weighted by molar-refractivity contribution is 0.341. The van der Waals surface area contributed by atoms with E-state index in [0.29, 0.717) is 23.9 Å². The van der Waals surface area contributed by atoms with Crippen molar-refractivity contribution in [3.63, 3.8) is 0 Å². The molecule has 2 rings (SSSR count). The van der Waals surface area contributed by atoms with E-state index in [0.717, 1.165) is 24.0 Å². The molecule has 0 bridgehead atoms. The normalized spacial score (nSPS) is 16.1. The molecule has 1 aliphatic rings. The molecule has 0 aromatic heterocycles. The average Bonchev–Trinajstić information content (AvgIpc) is 3.18. The molecule has 0 atom stereocenters. The van der Waals surface area contributed by atoms with E-state index in [9.17, 15) is 8.42 Å². The zero-order valence-electron chi connectivity index (χ0n) is 12.5. The fourth-order valence-corrected chi connectivity index (χ4v) is 4.32. The first-order valence-electron chi connectivity index (χ1n) is 7.17. The van der Waals surface area contributed by atoms with Crippen LogP contribution in [-0.2, 0) is 16.6 Å². The molecule has 1 saturated carbocycles.